The molecule has 34 heavy (non-hydrogen) atoms. The third kappa shape index (κ3) is 4.91. The number of benzene rings is 1. The quantitative estimate of drug-likeness (QED) is 0.349. The highest BCUT2D eigenvalue weighted by atomic mass is 35.5. The summed E-state index contributed by atoms with van der Waals surface area (Å²) in [4.78, 5) is 30.7. The third-order valence-corrected chi connectivity index (χ3v) is 5.84. The number of anilines is 1. The zero-order valence-electron chi connectivity index (χ0n) is 18.4. The smallest absolute Gasteiger partial charge is 0.259 e. The number of nitrogens with one attached hydrogen (secondary N) is 1. The fourth-order valence-corrected chi connectivity index (χ4v) is 4.07. The Morgan fingerprint density at radius 1 is 1.18 bits per heavy atom. The zero-order chi connectivity index (χ0) is 24.2. The summed E-state index contributed by atoms with van der Waals surface area (Å²) in [6.07, 6.45) is 2.81. The molecule has 0 saturated carbocycles. The number of amides is 1. The molecule has 3 aromatic heterocycles. The maximum atomic E-state index is 15.0. The van der Waals surface area contributed by atoms with Gasteiger partial charge in [-0.15, -0.1) is 0 Å². The predicted octanol–water partition coefficient (Wildman–Crippen LogP) is 4.54. The number of carbonyl (C=O) groups is 1. The molecule has 1 aromatic carbocycles. The molecular formula is C22H19ClFN5O4S. The van der Waals surface area contributed by atoms with Gasteiger partial charge in [0.05, 0.1) is 36.1 Å². The average Bonchev–Trinajstić information content (AvgIpc) is 3.22. The van der Waals surface area contributed by atoms with Gasteiger partial charge in [0.25, 0.3) is 5.91 Å². The van der Waals surface area contributed by atoms with Gasteiger partial charge in [0.15, 0.2) is 21.4 Å². The molecule has 0 radical (unpaired) electrons. The molecule has 4 rings (SSSR count). The Morgan fingerprint density at radius 3 is 2.76 bits per heavy atom. The first-order chi connectivity index (χ1) is 16.4. The standard InChI is InChI=1S/C22H19ClFN5O4S/c1-11-8-12(17-15(32-3)5-4-14(23)18(17)24)13(9-25-11)20(30)29-22-28-19-21(34-22)27-16(10-26-19)33-7-6-31-2/h4-5,8-10H,6-7H2,1-3H3,(H,26,28,29,30). The van der Waals surface area contributed by atoms with E-state index in [4.69, 9.17) is 25.8 Å². The highest BCUT2D eigenvalue weighted by molar-refractivity contribution is 7.21. The first-order valence-electron chi connectivity index (χ1n) is 9.97. The van der Waals surface area contributed by atoms with Crippen molar-refractivity contribution in [2.75, 3.05) is 32.8 Å². The molecule has 0 aliphatic rings. The minimum atomic E-state index is -0.699. The van der Waals surface area contributed by atoms with Crippen molar-refractivity contribution in [1.29, 1.82) is 0 Å². The van der Waals surface area contributed by atoms with Gasteiger partial charge in [-0.1, -0.05) is 22.9 Å². The lowest BCUT2D eigenvalue weighted by Gasteiger charge is -2.14. The lowest BCUT2D eigenvalue weighted by Crippen LogP contribution is -2.14. The van der Waals surface area contributed by atoms with Crippen LogP contribution in [0.15, 0.2) is 30.6 Å². The number of hydrogen-bond acceptors (Lipinski definition) is 9. The highest BCUT2D eigenvalue weighted by Crippen LogP contribution is 2.38. The minimum Gasteiger partial charge on any atom is -0.496 e. The van der Waals surface area contributed by atoms with E-state index in [1.165, 1.54) is 31.6 Å². The molecule has 0 bridgehead atoms. The van der Waals surface area contributed by atoms with E-state index in [9.17, 15) is 4.79 Å². The van der Waals surface area contributed by atoms with E-state index in [0.29, 0.717) is 35.3 Å². The van der Waals surface area contributed by atoms with E-state index < -0.39 is 11.7 Å². The summed E-state index contributed by atoms with van der Waals surface area (Å²) in [5.41, 5.74) is 1.41. The first-order valence-corrected chi connectivity index (χ1v) is 11.2. The van der Waals surface area contributed by atoms with Crippen molar-refractivity contribution >= 4 is 44.5 Å². The lowest BCUT2D eigenvalue weighted by atomic mass is 9.98. The minimum absolute atomic E-state index is 0.0659. The summed E-state index contributed by atoms with van der Waals surface area (Å²) in [5, 5.41) is 2.88. The van der Waals surface area contributed by atoms with E-state index in [1.807, 2.05) is 0 Å². The van der Waals surface area contributed by atoms with Gasteiger partial charge in [-0.05, 0) is 25.1 Å². The summed E-state index contributed by atoms with van der Waals surface area (Å²) in [6, 6.07) is 4.52. The van der Waals surface area contributed by atoms with Gasteiger partial charge in [-0.25, -0.2) is 9.37 Å². The fourth-order valence-electron chi connectivity index (χ4n) is 3.12. The number of nitrogens with zero attached hydrogens (tertiary/aromatic N) is 4. The van der Waals surface area contributed by atoms with Crippen LogP contribution in [0.1, 0.15) is 16.1 Å². The van der Waals surface area contributed by atoms with Crippen LogP contribution in [0.3, 0.4) is 0 Å². The van der Waals surface area contributed by atoms with Gasteiger partial charge in [0, 0.05) is 24.6 Å². The fraction of sp³-hybridized carbons (Fsp3) is 0.227. The second-order valence-electron chi connectivity index (χ2n) is 6.96. The van der Waals surface area contributed by atoms with Crippen LogP contribution in [0.5, 0.6) is 11.6 Å². The van der Waals surface area contributed by atoms with Crippen LogP contribution in [-0.2, 0) is 4.74 Å². The molecular weight excluding hydrogens is 485 g/mol. The van der Waals surface area contributed by atoms with Gasteiger partial charge >= 0.3 is 0 Å². The van der Waals surface area contributed by atoms with E-state index in [0.717, 1.165) is 11.3 Å². The molecule has 0 fully saturated rings. The molecule has 0 saturated heterocycles. The Bertz CT molecular complexity index is 1370. The van der Waals surface area contributed by atoms with Gasteiger partial charge in [0.2, 0.25) is 5.88 Å². The van der Waals surface area contributed by atoms with Crippen molar-refractivity contribution in [3.8, 4) is 22.8 Å². The normalized spacial score (nSPS) is 11.0. The third-order valence-electron chi connectivity index (χ3n) is 4.69. The number of aromatic nitrogens is 4. The van der Waals surface area contributed by atoms with E-state index in [-0.39, 0.29) is 32.6 Å². The molecule has 0 aliphatic heterocycles. The van der Waals surface area contributed by atoms with Crippen LogP contribution in [-0.4, -0.2) is 53.3 Å². The van der Waals surface area contributed by atoms with E-state index in [1.54, 1.807) is 20.1 Å². The zero-order valence-corrected chi connectivity index (χ0v) is 20.0. The monoisotopic (exact) mass is 503 g/mol. The summed E-state index contributed by atoms with van der Waals surface area (Å²) in [7, 11) is 2.98. The second-order valence-corrected chi connectivity index (χ2v) is 8.35. The van der Waals surface area contributed by atoms with E-state index >= 15 is 4.39 Å². The van der Waals surface area contributed by atoms with Crippen LogP contribution in [0.25, 0.3) is 21.6 Å². The number of hydrogen-bond donors (Lipinski definition) is 1. The van der Waals surface area contributed by atoms with Crippen molar-refractivity contribution < 1.29 is 23.4 Å². The molecule has 176 valence electrons. The molecule has 0 unspecified atom stereocenters. The van der Waals surface area contributed by atoms with Crippen LogP contribution in [0.2, 0.25) is 5.02 Å². The molecule has 3 heterocycles. The Hall–Kier alpha value is -3.41. The number of carbonyl (C=O) groups excluding carboxylic acids is 1. The number of pyridine rings is 1. The summed E-state index contributed by atoms with van der Waals surface area (Å²) in [5.74, 6) is -0.690. The Kier molecular flexibility index (Phi) is 7.15. The summed E-state index contributed by atoms with van der Waals surface area (Å²) >= 11 is 7.13. The molecule has 0 aliphatic carbocycles. The molecule has 9 nitrogen and oxygen atoms in total. The van der Waals surface area contributed by atoms with Crippen LogP contribution in [0, 0.1) is 12.7 Å². The molecule has 4 aromatic rings. The van der Waals surface area contributed by atoms with Crippen molar-refractivity contribution in [2.45, 2.75) is 6.92 Å². The number of fused-ring (bicyclic) bond motifs is 1. The summed E-state index contributed by atoms with van der Waals surface area (Å²) < 4.78 is 30.7. The van der Waals surface area contributed by atoms with Gasteiger partial charge < -0.3 is 14.2 Å². The lowest BCUT2D eigenvalue weighted by molar-refractivity contribution is 0.102. The van der Waals surface area contributed by atoms with Crippen molar-refractivity contribution in [3.63, 3.8) is 0 Å². The largest absolute Gasteiger partial charge is 0.496 e. The number of methoxy groups -OCH3 is 2. The Balaban J connectivity index is 1.66. The van der Waals surface area contributed by atoms with Crippen molar-refractivity contribution in [1.82, 2.24) is 19.9 Å². The van der Waals surface area contributed by atoms with E-state index in [2.05, 4.69) is 25.3 Å². The van der Waals surface area contributed by atoms with Crippen molar-refractivity contribution in [2.24, 2.45) is 0 Å². The Morgan fingerprint density at radius 2 is 2.00 bits per heavy atom. The second kappa shape index (κ2) is 10.2. The maximum Gasteiger partial charge on any atom is 0.259 e. The van der Waals surface area contributed by atoms with Gasteiger partial charge in [-0.3, -0.25) is 15.1 Å². The predicted molar refractivity (Wildman–Crippen MR) is 126 cm³/mol. The number of ether oxygens (including phenoxy) is 3. The van der Waals surface area contributed by atoms with Gasteiger partial charge in [-0.2, -0.15) is 9.97 Å². The molecule has 1 N–H and O–H groups in total. The van der Waals surface area contributed by atoms with Crippen LogP contribution >= 0.6 is 22.9 Å². The van der Waals surface area contributed by atoms with Crippen LogP contribution in [0.4, 0.5) is 9.52 Å². The highest BCUT2D eigenvalue weighted by Gasteiger charge is 2.23. The summed E-state index contributed by atoms with van der Waals surface area (Å²) in [6.45, 7) is 2.47. The molecule has 0 atom stereocenters. The first kappa shape index (κ1) is 23.7. The van der Waals surface area contributed by atoms with Crippen LogP contribution < -0.4 is 14.8 Å². The average molecular weight is 504 g/mol. The number of aryl methyl sites for hydroxylation is 1. The van der Waals surface area contributed by atoms with Crippen molar-refractivity contribution in [3.05, 3.63) is 52.7 Å². The SMILES string of the molecule is COCCOc1cnc2nc(NC(=O)c3cnc(C)cc3-c3c(OC)ccc(Cl)c3F)sc2n1. The molecule has 1 amide bonds. The molecule has 0 spiro atoms. The number of rotatable bonds is 8. The maximum absolute atomic E-state index is 15.0. The number of halogens is 2. The van der Waals surface area contributed by atoms with Gasteiger partial charge in [0.1, 0.15) is 12.4 Å². The topological polar surface area (TPSA) is 108 Å². The molecule has 12 heteroatoms. The Labute approximate surface area is 202 Å². The number of thiazole rings is 1.